The first-order chi connectivity index (χ1) is 19.3. The standard InChI is InChI=1S/C27H38BrN3O7P2/c1-5-35-39(32,36-6-2)26(40(33,37-7-3)38-8-4)17-21-16-22(18-29-27(21)28)20-12-13-24-23(15-20)19-30-31(24)25-11-9-10-14-34-25/h12-13,15-16,18-19,25-26H,5-11,14,17H2,1-4H3. The number of ether oxygens (including phenoxy) is 1. The van der Waals surface area contributed by atoms with Crippen LogP contribution in [0.4, 0.5) is 0 Å². The number of hydrogen-bond donors (Lipinski definition) is 0. The number of halogens is 1. The van der Waals surface area contributed by atoms with Gasteiger partial charge in [-0.1, -0.05) is 6.07 Å². The van der Waals surface area contributed by atoms with Gasteiger partial charge >= 0.3 is 15.2 Å². The number of nitrogens with zero attached hydrogens (tertiary/aromatic N) is 3. The van der Waals surface area contributed by atoms with E-state index in [4.69, 9.17) is 22.8 Å². The lowest BCUT2D eigenvalue weighted by Crippen LogP contribution is -2.20. The molecule has 1 aliphatic rings. The number of fused-ring (bicyclic) bond motifs is 1. The molecule has 1 aliphatic heterocycles. The molecule has 4 rings (SSSR count). The molecule has 3 heterocycles. The molecule has 1 atom stereocenters. The number of benzene rings is 1. The van der Waals surface area contributed by atoms with Gasteiger partial charge in [0.25, 0.3) is 0 Å². The fourth-order valence-corrected chi connectivity index (χ4v) is 10.6. The van der Waals surface area contributed by atoms with Crippen LogP contribution in [0, 0.1) is 0 Å². The Morgan fingerprint density at radius 3 is 2.17 bits per heavy atom. The van der Waals surface area contributed by atoms with Gasteiger partial charge in [-0.3, -0.25) is 9.13 Å². The van der Waals surface area contributed by atoms with E-state index in [1.807, 2.05) is 29.1 Å². The second kappa shape index (κ2) is 14.2. The average Bonchev–Trinajstić information content (AvgIpc) is 3.37. The van der Waals surface area contributed by atoms with Crippen LogP contribution in [-0.4, -0.2) is 53.2 Å². The van der Waals surface area contributed by atoms with Gasteiger partial charge in [-0.05, 0) is 92.2 Å². The van der Waals surface area contributed by atoms with E-state index >= 15 is 0 Å². The predicted octanol–water partition coefficient (Wildman–Crippen LogP) is 7.96. The van der Waals surface area contributed by atoms with Crippen molar-refractivity contribution >= 4 is 42.0 Å². The second-order valence-corrected chi connectivity index (χ2v) is 14.9. The molecule has 1 fully saturated rings. The van der Waals surface area contributed by atoms with Gasteiger partial charge in [-0.25, -0.2) is 9.67 Å². The molecule has 1 saturated heterocycles. The first-order valence-corrected chi connectivity index (χ1v) is 17.8. The molecule has 2 aromatic heterocycles. The maximum Gasteiger partial charge on any atom is 0.346 e. The summed E-state index contributed by atoms with van der Waals surface area (Å²) in [5, 5.41) is 4.41. The van der Waals surface area contributed by atoms with Crippen molar-refractivity contribution in [1.82, 2.24) is 14.8 Å². The SMILES string of the molecule is CCOP(=O)(OCC)C(Cc1cc(-c2ccc3c(cnn3C3CCCCO3)c2)cnc1Br)P(=O)(OCC)OCC. The van der Waals surface area contributed by atoms with Gasteiger partial charge in [0.15, 0.2) is 11.6 Å². The normalized spacial score (nSPS) is 16.7. The molecule has 0 saturated carbocycles. The van der Waals surface area contributed by atoms with Crippen LogP contribution < -0.4 is 0 Å². The maximum atomic E-state index is 14.0. The summed E-state index contributed by atoms with van der Waals surface area (Å²) in [5.41, 5.74) is 3.45. The molecule has 0 amide bonds. The fraction of sp³-hybridized carbons (Fsp3) is 0.556. The summed E-state index contributed by atoms with van der Waals surface area (Å²) in [6.45, 7) is 8.07. The van der Waals surface area contributed by atoms with Crippen molar-refractivity contribution in [3.05, 3.63) is 46.8 Å². The van der Waals surface area contributed by atoms with E-state index in [0.717, 1.165) is 47.9 Å². The Labute approximate surface area is 244 Å². The molecule has 13 heteroatoms. The van der Waals surface area contributed by atoms with Crippen molar-refractivity contribution in [2.75, 3.05) is 33.0 Å². The zero-order chi connectivity index (χ0) is 28.8. The molecule has 220 valence electrons. The molecule has 0 spiro atoms. The van der Waals surface area contributed by atoms with Crippen molar-refractivity contribution < 1.29 is 32.0 Å². The van der Waals surface area contributed by atoms with Crippen LogP contribution in [0.3, 0.4) is 0 Å². The zero-order valence-electron chi connectivity index (χ0n) is 23.5. The highest BCUT2D eigenvalue weighted by Crippen LogP contribution is 2.71. The molecule has 10 nitrogen and oxygen atoms in total. The lowest BCUT2D eigenvalue weighted by molar-refractivity contribution is -0.0366. The first-order valence-electron chi connectivity index (χ1n) is 13.8. The van der Waals surface area contributed by atoms with Crippen molar-refractivity contribution in [2.24, 2.45) is 0 Å². The van der Waals surface area contributed by atoms with E-state index in [2.05, 4.69) is 32.1 Å². The summed E-state index contributed by atoms with van der Waals surface area (Å²) in [6, 6.07) is 8.05. The van der Waals surface area contributed by atoms with Gasteiger partial charge in [0.05, 0.1) is 38.1 Å². The highest BCUT2D eigenvalue weighted by molar-refractivity contribution is 9.10. The van der Waals surface area contributed by atoms with Crippen LogP contribution in [0.15, 0.2) is 41.3 Å². The lowest BCUT2D eigenvalue weighted by atomic mass is 10.0. The van der Waals surface area contributed by atoms with Crippen LogP contribution in [-0.2, 0) is 38.4 Å². The Bertz CT molecular complexity index is 1330. The summed E-state index contributed by atoms with van der Waals surface area (Å²) in [6.07, 6.45) is 6.74. The average molecular weight is 658 g/mol. The zero-order valence-corrected chi connectivity index (χ0v) is 26.8. The third-order valence-corrected chi connectivity index (χ3v) is 13.3. The van der Waals surface area contributed by atoms with Crippen molar-refractivity contribution in [3.63, 3.8) is 0 Å². The largest absolute Gasteiger partial charge is 0.356 e. The van der Waals surface area contributed by atoms with E-state index in [1.165, 1.54) is 0 Å². The van der Waals surface area contributed by atoms with Crippen LogP contribution in [0.5, 0.6) is 0 Å². The predicted molar refractivity (Wildman–Crippen MR) is 159 cm³/mol. The monoisotopic (exact) mass is 657 g/mol. The quantitative estimate of drug-likeness (QED) is 0.126. The summed E-state index contributed by atoms with van der Waals surface area (Å²) in [7, 11) is -7.82. The van der Waals surface area contributed by atoms with Gasteiger partial charge in [-0.2, -0.15) is 5.10 Å². The number of hydrogen-bond acceptors (Lipinski definition) is 9. The van der Waals surface area contributed by atoms with E-state index in [9.17, 15) is 9.13 Å². The van der Waals surface area contributed by atoms with Crippen LogP contribution in [0.1, 0.15) is 58.7 Å². The Morgan fingerprint density at radius 2 is 1.60 bits per heavy atom. The fourth-order valence-electron chi connectivity index (χ4n) is 4.91. The van der Waals surface area contributed by atoms with Crippen LogP contribution in [0.2, 0.25) is 0 Å². The highest BCUT2D eigenvalue weighted by Gasteiger charge is 2.51. The molecule has 1 unspecified atom stereocenters. The van der Waals surface area contributed by atoms with E-state index in [-0.39, 0.29) is 39.1 Å². The molecule has 0 N–H and O–H groups in total. The van der Waals surface area contributed by atoms with Crippen molar-refractivity contribution in [3.8, 4) is 11.1 Å². The van der Waals surface area contributed by atoms with Crippen molar-refractivity contribution in [1.29, 1.82) is 0 Å². The van der Waals surface area contributed by atoms with E-state index < -0.39 is 20.6 Å². The number of aromatic nitrogens is 3. The van der Waals surface area contributed by atoms with Gasteiger partial charge in [0, 0.05) is 30.2 Å². The summed E-state index contributed by atoms with van der Waals surface area (Å²) in [5.74, 6) is 0. The third-order valence-electron chi connectivity index (χ3n) is 6.64. The minimum absolute atomic E-state index is 0.0369. The topological polar surface area (TPSA) is 111 Å². The van der Waals surface area contributed by atoms with E-state index in [1.54, 1.807) is 33.9 Å². The van der Waals surface area contributed by atoms with Crippen molar-refractivity contribution in [2.45, 2.75) is 65.0 Å². The molecule has 0 aliphatic carbocycles. The highest BCUT2D eigenvalue weighted by atomic mass is 79.9. The van der Waals surface area contributed by atoms with E-state index in [0.29, 0.717) is 10.2 Å². The summed E-state index contributed by atoms with van der Waals surface area (Å²) < 4.78 is 59.0. The Balaban J connectivity index is 1.71. The lowest BCUT2D eigenvalue weighted by Gasteiger charge is -2.31. The molecule has 1 aromatic carbocycles. The molecule has 40 heavy (non-hydrogen) atoms. The minimum atomic E-state index is -3.91. The Kier molecular flexibility index (Phi) is 11.2. The molecular weight excluding hydrogens is 620 g/mol. The maximum absolute atomic E-state index is 14.0. The Morgan fingerprint density at radius 1 is 0.950 bits per heavy atom. The van der Waals surface area contributed by atoms with Crippen LogP contribution in [0.25, 0.3) is 22.0 Å². The minimum Gasteiger partial charge on any atom is -0.356 e. The molecular formula is C27H38BrN3O7P2. The Hall–Kier alpha value is -1.42. The van der Waals surface area contributed by atoms with Gasteiger partial charge in [0.1, 0.15) is 4.60 Å². The molecule has 3 aromatic rings. The number of pyridine rings is 1. The summed E-state index contributed by atoms with van der Waals surface area (Å²) in [4.78, 5) is 4.55. The van der Waals surface area contributed by atoms with Gasteiger partial charge in [-0.15, -0.1) is 0 Å². The first kappa shape index (κ1) is 31.5. The second-order valence-electron chi connectivity index (χ2n) is 9.29. The van der Waals surface area contributed by atoms with Gasteiger partial charge < -0.3 is 22.8 Å². The number of rotatable bonds is 14. The third kappa shape index (κ3) is 6.96. The molecule has 0 radical (unpaired) electrons. The van der Waals surface area contributed by atoms with Crippen LogP contribution >= 0.6 is 31.1 Å². The summed E-state index contributed by atoms with van der Waals surface area (Å²) >= 11 is 3.53. The van der Waals surface area contributed by atoms with Gasteiger partial charge in [0.2, 0.25) is 0 Å². The smallest absolute Gasteiger partial charge is 0.346 e. The molecule has 0 bridgehead atoms.